The zero-order valence-electron chi connectivity index (χ0n) is 13.9. The van der Waals surface area contributed by atoms with E-state index in [0.29, 0.717) is 36.6 Å². The van der Waals surface area contributed by atoms with Crippen molar-refractivity contribution in [2.45, 2.75) is 19.3 Å². The highest BCUT2D eigenvalue weighted by Gasteiger charge is 2.24. The molecular weight excluding hydrogens is 399 g/mol. The molecule has 0 aliphatic carbocycles. The van der Waals surface area contributed by atoms with Gasteiger partial charge in [0, 0.05) is 29.5 Å². The lowest BCUT2D eigenvalue weighted by molar-refractivity contribution is -0.118. The van der Waals surface area contributed by atoms with Gasteiger partial charge in [0.25, 0.3) is 0 Å². The highest BCUT2D eigenvalue weighted by Crippen LogP contribution is 2.31. The van der Waals surface area contributed by atoms with Crippen molar-refractivity contribution in [3.63, 3.8) is 0 Å². The Kier molecular flexibility index (Phi) is 4.59. The zero-order chi connectivity index (χ0) is 18.1. The van der Waals surface area contributed by atoms with Crippen LogP contribution in [0.25, 0.3) is 11.3 Å². The molecule has 1 aliphatic heterocycles. The normalized spacial score (nSPS) is 13.1. The second-order valence-corrected chi connectivity index (χ2v) is 7.08. The average molecular weight is 415 g/mol. The number of oxazole rings is 1. The van der Waals surface area contributed by atoms with Gasteiger partial charge in [0.05, 0.1) is 11.8 Å². The van der Waals surface area contributed by atoms with Gasteiger partial charge < -0.3 is 9.32 Å². The molecule has 3 aromatic rings. The number of hydrogen-bond acceptors (Lipinski definition) is 3. The van der Waals surface area contributed by atoms with Crippen LogP contribution in [0.5, 0.6) is 0 Å². The molecule has 1 aromatic heterocycles. The summed E-state index contributed by atoms with van der Waals surface area (Å²) in [7, 11) is 0. The molecule has 0 saturated heterocycles. The van der Waals surface area contributed by atoms with Crippen molar-refractivity contribution in [1.29, 1.82) is 0 Å². The second-order valence-electron chi connectivity index (χ2n) is 6.17. The number of hydrogen-bond donors (Lipinski definition) is 0. The summed E-state index contributed by atoms with van der Waals surface area (Å²) in [5.41, 5.74) is 2.51. The molecule has 132 valence electrons. The van der Waals surface area contributed by atoms with Crippen molar-refractivity contribution in [3.05, 3.63) is 70.4 Å². The lowest BCUT2D eigenvalue weighted by atomic mass is 10.2. The van der Waals surface area contributed by atoms with Crippen LogP contribution in [0.3, 0.4) is 0 Å². The molecule has 0 bridgehead atoms. The second kappa shape index (κ2) is 7.03. The maximum Gasteiger partial charge on any atom is 0.227 e. The molecule has 0 radical (unpaired) electrons. The molecule has 4 rings (SSSR count). The number of aryl methyl sites for hydroxylation is 1. The number of nitrogens with zero attached hydrogens (tertiary/aromatic N) is 2. The monoisotopic (exact) mass is 414 g/mol. The molecule has 0 fully saturated rings. The predicted molar refractivity (Wildman–Crippen MR) is 100 cm³/mol. The Labute approximate surface area is 158 Å². The number of benzene rings is 2. The van der Waals surface area contributed by atoms with Gasteiger partial charge in [-0.15, -0.1) is 0 Å². The molecule has 1 aliphatic rings. The first-order valence-corrected chi connectivity index (χ1v) is 9.19. The number of amides is 1. The topological polar surface area (TPSA) is 46.3 Å². The standard InChI is InChI=1S/C20H16BrFN2O2/c21-14-5-6-17-13(11-14)9-10-24(17)20(25)8-7-19-23-12-18(26-19)15-3-1-2-4-16(15)22/h1-6,11-12H,7-10H2. The smallest absolute Gasteiger partial charge is 0.227 e. The van der Waals surface area contributed by atoms with Crippen LogP contribution in [0.2, 0.25) is 0 Å². The molecule has 0 N–H and O–H groups in total. The third-order valence-corrected chi connectivity index (χ3v) is 4.98. The quantitative estimate of drug-likeness (QED) is 0.617. The fraction of sp³-hybridized carbons (Fsp3) is 0.200. The maximum atomic E-state index is 13.8. The van der Waals surface area contributed by atoms with Gasteiger partial charge >= 0.3 is 0 Å². The molecule has 1 amide bonds. The van der Waals surface area contributed by atoms with Crippen molar-refractivity contribution in [2.24, 2.45) is 0 Å². The Morgan fingerprint density at radius 3 is 2.96 bits per heavy atom. The highest BCUT2D eigenvalue weighted by molar-refractivity contribution is 9.10. The van der Waals surface area contributed by atoms with Crippen molar-refractivity contribution in [3.8, 4) is 11.3 Å². The van der Waals surface area contributed by atoms with E-state index < -0.39 is 0 Å². The van der Waals surface area contributed by atoms with E-state index in [1.807, 2.05) is 17.0 Å². The van der Waals surface area contributed by atoms with E-state index in [2.05, 4.69) is 27.0 Å². The molecule has 0 saturated carbocycles. The largest absolute Gasteiger partial charge is 0.441 e. The van der Waals surface area contributed by atoms with Crippen LogP contribution in [0.15, 0.2) is 57.6 Å². The molecule has 0 spiro atoms. The van der Waals surface area contributed by atoms with E-state index in [4.69, 9.17) is 4.42 Å². The third-order valence-electron chi connectivity index (χ3n) is 4.48. The van der Waals surface area contributed by atoms with E-state index in [9.17, 15) is 9.18 Å². The average Bonchev–Trinajstić information content (AvgIpc) is 3.26. The lowest BCUT2D eigenvalue weighted by Crippen LogP contribution is -2.29. The van der Waals surface area contributed by atoms with E-state index in [-0.39, 0.29) is 11.7 Å². The first-order valence-electron chi connectivity index (χ1n) is 8.40. The Morgan fingerprint density at radius 1 is 1.27 bits per heavy atom. The minimum Gasteiger partial charge on any atom is -0.441 e. The molecule has 2 heterocycles. The Hall–Kier alpha value is -2.47. The molecule has 6 heteroatoms. The van der Waals surface area contributed by atoms with Gasteiger partial charge in [-0.2, -0.15) is 0 Å². The number of carbonyl (C=O) groups excluding carboxylic acids is 1. The molecule has 4 nitrogen and oxygen atoms in total. The van der Waals surface area contributed by atoms with Gasteiger partial charge in [0.1, 0.15) is 5.82 Å². The van der Waals surface area contributed by atoms with Crippen molar-refractivity contribution >= 4 is 27.5 Å². The minimum atomic E-state index is -0.355. The predicted octanol–water partition coefficient (Wildman–Crippen LogP) is 4.77. The van der Waals surface area contributed by atoms with E-state index in [1.165, 1.54) is 17.8 Å². The SMILES string of the molecule is O=C(CCc1ncc(-c2ccccc2F)o1)N1CCc2cc(Br)ccc21. The Balaban J connectivity index is 1.43. The summed E-state index contributed by atoms with van der Waals surface area (Å²) in [5, 5.41) is 0. The van der Waals surface area contributed by atoms with Crippen LogP contribution >= 0.6 is 15.9 Å². The Morgan fingerprint density at radius 2 is 2.12 bits per heavy atom. The third kappa shape index (κ3) is 3.29. The summed E-state index contributed by atoms with van der Waals surface area (Å²) in [5.74, 6) is 0.497. The van der Waals surface area contributed by atoms with Gasteiger partial charge in [-0.05, 0) is 42.3 Å². The number of aromatic nitrogens is 1. The first-order chi connectivity index (χ1) is 12.6. The van der Waals surface area contributed by atoms with Crippen LogP contribution in [0, 0.1) is 5.82 Å². The van der Waals surface area contributed by atoms with Gasteiger partial charge in [0.2, 0.25) is 5.91 Å². The molecular formula is C20H16BrFN2O2. The summed E-state index contributed by atoms with van der Waals surface area (Å²) in [6, 6.07) is 12.4. The maximum absolute atomic E-state index is 13.8. The molecule has 26 heavy (non-hydrogen) atoms. The van der Waals surface area contributed by atoms with E-state index >= 15 is 0 Å². The van der Waals surface area contributed by atoms with Crippen LogP contribution in [-0.2, 0) is 17.6 Å². The summed E-state index contributed by atoms with van der Waals surface area (Å²) in [4.78, 5) is 18.6. The van der Waals surface area contributed by atoms with Gasteiger partial charge in [0.15, 0.2) is 11.7 Å². The van der Waals surface area contributed by atoms with Crippen molar-refractivity contribution < 1.29 is 13.6 Å². The summed E-state index contributed by atoms with van der Waals surface area (Å²) >= 11 is 3.46. The highest BCUT2D eigenvalue weighted by atomic mass is 79.9. The minimum absolute atomic E-state index is 0.0386. The van der Waals surface area contributed by atoms with Gasteiger partial charge in [-0.1, -0.05) is 28.1 Å². The van der Waals surface area contributed by atoms with Crippen LogP contribution in [-0.4, -0.2) is 17.4 Å². The van der Waals surface area contributed by atoms with Gasteiger partial charge in [-0.25, -0.2) is 9.37 Å². The summed E-state index contributed by atoms with van der Waals surface area (Å²) in [6.45, 7) is 0.691. The zero-order valence-corrected chi connectivity index (χ0v) is 15.5. The molecule has 2 aromatic carbocycles. The fourth-order valence-corrected chi connectivity index (χ4v) is 3.60. The number of fused-ring (bicyclic) bond motifs is 1. The van der Waals surface area contributed by atoms with Crippen molar-refractivity contribution in [1.82, 2.24) is 4.98 Å². The molecule has 0 unspecified atom stereocenters. The molecule has 0 atom stereocenters. The van der Waals surface area contributed by atoms with Crippen LogP contribution in [0.1, 0.15) is 17.9 Å². The first kappa shape index (κ1) is 17.0. The lowest BCUT2D eigenvalue weighted by Gasteiger charge is -2.16. The van der Waals surface area contributed by atoms with Gasteiger partial charge in [-0.3, -0.25) is 4.79 Å². The van der Waals surface area contributed by atoms with Crippen molar-refractivity contribution in [2.75, 3.05) is 11.4 Å². The van der Waals surface area contributed by atoms with E-state index in [1.54, 1.807) is 18.2 Å². The Bertz CT molecular complexity index is 970. The summed E-state index contributed by atoms with van der Waals surface area (Å²) < 4.78 is 20.5. The van der Waals surface area contributed by atoms with Crippen LogP contribution in [0.4, 0.5) is 10.1 Å². The number of halogens is 2. The summed E-state index contributed by atoms with van der Waals surface area (Å²) in [6.07, 6.45) is 3.04. The number of carbonyl (C=O) groups is 1. The number of rotatable bonds is 4. The van der Waals surface area contributed by atoms with Crippen LogP contribution < -0.4 is 4.90 Å². The fourth-order valence-electron chi connectivity index (χ4n) is 3.19. The van der Waals surface area contributed by atoms with E-state index in [0.717, 1.165) is 16.6 Å². The number of anilines is 1.